The van der Waals surface area contributed by atoms with E-state index in [-0.39, 0.29) is 5.92 Å². The molecule has 0 saturated heterocycles. The molecule has 5 heteroatoms. The van der Waals surface area contributed by atoms with Gasteiger partial charge in [-0.1, -0.05) is 23.7 Å². The van der Waals surface area contributed by atoms with Gasteiger partial charge in [-0.3, -0.25) is 10.1 Å². The van der Waals surface area contributed by atoms with Gasteiger partial charge >= 0.3 is 0 Å². The fraction of sp³-hybridized carbons (Fsp3) is 0.300. The third kappa shape index (κ3) is 1.72. The maximum Gasteiger partial charge on any atom is 0.231 e. The second-order valence-electron chi connectivity index (χ2n) is 3.57. The summed E-state index contributed by atoms with van der Waals surface area (Å²) in [6.45, 7) is 0. The first kappa shape index (κ1) is 10.1. The first-order valence-corrected chi connectivity index (χ1v) is 4.87. The summed E-state index contributed by atoms with van der Waals surface area (Å²) < 4.78 is 0. The standard InChI is InChI=1S/C10H8ClNO3/c11-7-3-1-2-6(4-7)9-8(5-13)10(9)12(14)15/h1-5,8-10H/t8-,9-,10-/m1/s1. The molecule has 3 atom stereocenters. The summed E-state index contributed by atoms with van der Waals surface area (Å²) in [5.41, 5.74) is 0.765. The van der Waals surface area contributed by atoms with Crippen molar-refractivity contribution in [2.75, 3.05) is 0 Å². The number of carbonyl (C=O) groups is 1. The zero-order valence-electron chi connectivity index (χ0n) is 7.67. The molecule has 15 heavy (non-hydrogen) atoms. The van der Waals surface area contributed by atoms with Gasteiger partial charge in [0.25, 0.3) is 0 Å². The van der Waals surface area contributed by atoms with Crippen molar-refractivity contribution in [3.8, 4) is 0 Å². The summed E-state index contributed by atoms with van der Waals surface area (Å²) in [5, 5.41) is 11.1. The number of halogens is 1. The number of benzene rings is 1. The van der Waals surface area contributed by atoms with Crippen LogP contribution in [0.3, 0.4) is 0 Å². The zero-order chi connectivity index (χ0) is 11.0. The predicted octanol–water partition coefficient (Wildman–Crippen LogP) is 1.90. The first-order chi connectivity index (χ1) is 7.15. The van der Waals surface area contributed by atoms with E-state index in [4.69, 9.17) is 11.6 Å². The van der Waals surface area contributed by atoms with Crippen molar-refractivity contribution in [2.45, 2.75) is 12.0 Å². The van der Waals surface area contributed by atoms with Crippen LogP contribution in [0.25, 0.3) is 0 Å². The van der Waals surface area contributed by atoms with Crippen molar-refractivity contribution >= 4 is 17.9 Å². The molecule has 0 unspecified atom stereocenters. The molecule has 4 nitrogen and oxygen atoms in total. The minimum absolute atomic E-state index is 0.309. The fourth-order valence-corrected chi connectivity index (χ4v) is 2.09. The van der Waals surface area contributed by atoms with Gasteiger partial charge in [0.2, 0.25) is 6.04 Å². The van der Waals surface area contributed by atoms with Crippen LogP contribution in [-0.4, -0.2) is 17.3 Å². The molecule has 1 aliphatic carbocycles. The Kier molecular flexibility index (Phi) is 2.44. The van der Waals surface area contributed by atoms with Crippen molar-refractivity contribution < 1.29 is 9.72 Å². The molecule has 0 spiro atoms. The highest BCUT2D eigenvalue weighted by atomic mass is 35.5. The molecule has 0 aliphatic heterocycles. The number of carbonyl (C=O) groups excluding carboxylic acids is 1. The lowest BCUT2D eigenvalue weighted by Crippen LogP contribution is -2.05. The van der Waals surface area contributed by atoms with Gasteiger partial charge in [0.05, 0.1) is 11.8 Å². The van der Waals surface area contributed by atoms with Crippen LogP contribution < -0.4 is 0 Å². The molecule has 1 aromatic carbocycles. The SMILES string of the molecule is O=C[C@@H]1[C@@H](c2cccc(Cl)c2)[C@@H]1[N+](=O)[O-]. The summed E-state index contributed by atoms with van der Waals surface area (Å²) in [6, 6.07) is 6.09. The molecule has 0 radical (unpaired) electrons. The summed E-state index contributed by atoms with van der Waals surface area (Å²) in [6.07, 6.45) is 0.652. The minimum Gasteiger partial charge on any atom is -0.303 e. The quantitative estimate of drug-likeness (QED) is 0.448. The monoisotopic (exact) mass is 225 g/mol. The molecule has 1 aromatic rings. The van der Waals surface area contributed by atoms with Crippen LogP contribution in [0.4, 0.5) is 0 Å². The van der Waals surface area contributed by atoms with Crippen LogP contribution in [0, 0.1) is 16.0 Å². The van der Waals surface area contributed by atoms with Crippen molar-refractivity contribution in [1.29, 1.82) is 0 Å². The highest BCUT2D eigenvalue weighted by Gasteiger charge is 2.61. The lowest BCUT2D eigenvalue weighted by Gasteiger charge is -1.96. The van der Waals surface area contributed by atoms with Crippen molar-refractivity contribution in [2.24, 2.45) is 5.92 Å². The lowest BCUT2D eigenvalue weighted by molar-refractivity contribution is -0.498. The molecule has 1 saturated carbocycles. The third-order valence-electron chi connectivity index (χ3n) is 2.67. The van der Waals surface area contributed by atoms with Gasteiger partial charge in [0.15, 0.2) is 0 Å². The normalized spacial score (nSPS) is 28.5. The topological polar surface area (TPSA) is 60.2 Å². The number of nitro groups is 1. The number of nitrogens with zero attached hydrogens (tertiary/aromatic N) is 1. The molecule has 0 bridgehead atoms. The predicted molar refractivity (Wildman–Crippen MR) is 54.5 cm³/mol. The maximum atomic E-state index is 10.6. The Bertz CT molecular complexity index is 421. The molecule has 0 heterocycles. The van der Waals surface area contributed by atoms with E-state index in [0.29, 0.717) is 11.3 Å². The Morgan fingerprint density at radius 2 is 2.20 bits per heavy atom. The number of aldehydes is 1. The van der Waals surface area contributed by atoms with Gasteiger partial charge in [0.1, 0.15) is 6.29 Å². The number of hydrogen-bond acceptors (Lipinski definition) is 3. The van der Waals surface area contributed by atoms with Crippen LogP contribution in [0.15, 0.2) is 24.3 Å². The van der Waals surface area contributed by atoms with Crippen LogP contribution in [0.5, 0.6) is 0 Å². The van der Waals surface area contributed by atoms with E-state index >= 15 is 0 Å². The van der Waals surface area contributed by atoms with Crippen LogP contribution >= 0.6 is 11.6 Å². The second-order valence-corrected chi connectivity index (χ2v) is 4.01. The first-order valence-electron chi connectivity index (χ1n) is 4.49. The molecule has 0 N–H and O–H groups in total. The van der Waals surface area contributed by atoms with Crippen molar-refractivity contribution in [1.82, 2.24) is 0 Å². The smallest absolute Gasteiger partial charge is 0.231 e. The van der Waals surface area contributed by atoms with E-state index in [2.05, 4.69) is 0 Å². The van der Waals surface area contributed by atoms with E-state index in [0.717, 1.165) is 5.56 Å². The summed E-state index contributed by atoms with van der Waals surface area (Å²) in [7, 11) is 0. The molecule has 1 aliphatic rings. The minimum atomic E-state index is -0.777. The lowest BCUT2D eigenvalue weighted by atomic mass is 10.1. The largest absolute Gasteiger partial charge is 0.303 e. The van der Waals surface area contributed by atoms with Crippen LogP contribution in [0.1, 0.15) is 11.5 Å². The van der Waals surface area contributed by atoms with Gasteiger partial charge in [-0.25, -0.2) is 0 Å². The third-order valence-corrected chi connectivity index (χ3v) is 2.91. The van der Waals surface area contributed by atoms with Crippen LogP contribution in [0.2, 0.25) is 5.02 Å². The fourth-order valence-electron chi connectivity index (χ4n) is 1.89. The Hall–Kier alpha value is -1.42. The maximum absolute atomic E-state index is 10.6. The molecule has 0 amide bonds. The highest BCUT2D eigenvalue weighted by Crippen LogP contribution is 2.48. The zero-order valence-corrected chi connectivity index (χ0v) is 8.42. The van der Waals surface area contributed by atoms with E-state index in [1.54, 1.807) is 24.3 Å². The average molecular weight is 226 g/mol. The van der Waals surface area contributed by atoms with Gasteiger partial charge in [-0.15, -0.1) is 0 Å². The van der Waals surface area contributed by atoms with Gasteiger partial charge < -0.3 is 4.79 Å². The number of hydrogen-bond donors (Lipinski definition) is 0. The van der Waals surface area contributed by atoms with Crippen LogP contribution in [-0.2, 0) is 4.79 Å². The highest BCUT2D eigenvalue weighted by molar-refractivity contribution is 6.30. The van der Waals surface area contributed by atoms with Gasteiger partial charge in [-0.2, -0.15) is 0 Å². The van der Waals surface area contributed by atoms with E-state index < -0.39 is 16.9 Å². The molecular weight excluding hydrogens is 218 g/mol. The van der Waals surface area contributed by atoms with Gasteiger partial charge in [-0.05, 0) is 17.7 Å². The Morgan fingerprint density at radius 1 is 1.47 bits per heavy atom. The van der Waals surface area contributed by atoms with E-state index in [9.17, 15) is 14.9 Å². The Labute approximate surface area is 91.0 Å². The summed E-state index contributed by atoms with van der Waals surface area (Å²) in [5.74, 6) is -0.810. The Balaban J connectivity index is 2.26. The van der Waals surface area contributed by atoms with E-state index in [1.165, 1.54) is 0 Å². The molecular formula is C10H8ClNO3. The van der Waals surface area contributed by atoms with Crippen molar-refractivity contribution in [3.05, 3.63) is 45.0 Å². The number of rotatable bonds is 3. The Morgan fingerprint density at radius 3 is 2.67 bits per heavy atom. The molecule has 0 aromatic heterocycles. The molecule has 78 valence electrons. The summed E-state index contributed by atoms with van der Waals surface area (Å²) in [4.78, 5) is 20.8. The summed E-state index contributed by atoms with van der Waals surface area (Å²) >= 11 is 5.78. The molecule has 2 rings (SSSR count). The molecule has 1 fully saturated rings. The van der Waals surface area contributed by atoms with E-state index in [1.807, 2.05) is 0 Å². The second kappa shape index (κ2) is 3.62. The van der Waals surface area contributed by atoms with Crippen molar-refractivity contribution in [3.63, 3.8) is 0 Å². The average Bonchev–Trinajstić information content (AvgIpc) is 2.91. The van der Waals surface area contributed by atoms with Gasteiger partial charge in [0, 0.05) is 9.95 Å².